The maximum Gasteiger partial charge on any atom is 0.185 e. The third kappa shape index (κ3) is 1.88. The van der Waals surface area contributed by atoms with Gasteiger partial charge in [0.05, 0.1) is 0 Å². The summed E-state index contributed by atoms with van der Waals surface area (Å²) in [5.41, 5.74) is 1.03. The van der Waals surface area contributed by atoms with E-state index in [1.165, 1.54) is 11.5 Å². The maximum absolute atomic E-state index is 5.37. The zero-order valence-corrected chi connectivity index (χ0v) is 8.31. The maximum atomic E-state index is 5.37. The minimum atomic E-state index is 0.749. The molecule has 0 aliphatic heterocycles. The van der Waals surface area contributed by atoms with Gasteiger partial charge in [0.1, 0.15) is 0 Å². The van der Waals surface area contributed by atoms with E-state index in [9.17, 15) is 0 Å². The highest BCUT2D eigenvalue weighted by Crippen LogP contribution is 2.21. The van der Waals surface area contributed by atoms with Gasteiger partial charge < -0.3 is 0 Å². The van der Waals surface area contributed by atoms with Gasteiger partial charge in [0.25, 0.3) is 0 Å². The molecular weight excluding hydrogens is 202 g/mol. The molecule has 0 atom stereocenters. The van der Waals surface area contributed by atoms with Gasteiger partial charge in [0.2, 0.25) is 0 Å². The third-order valence-electron chi connectivity index (χ3n) is 1.54. The number of nitrogens with two attached hydrogens (primary N) is 1. The average molecular weight is 209 g/mol. The molecule has 3 nitrogen and oxygen atoms in total. The highest BCUT2D eigenvalue weighted by atomic mass is 32.2. The van der Waals surface area contributed by atoms with Crippen LogP contribution in [-0.2, 0) is 0 Å². The van der Waals surface area contributed by atoms with Gasteiger partial charge in [0.15, 0.2) is 10.2 Å². The highest BCUT2D eigenvalue weighted by molar-refractivity contribution is 7.98. The molecular formula is C8H7N3S2. The number of nitrogens with zero attached hydrogens (tertiary/aromatic N) is 2. The summed E-state index contributed by atoms with van der Waals surface area (Å²) in [6.07, 6.45) is 0. The monoisotopic (exact) mass is 209 g/mol. The van der Waals surface area contributed by atoms with Gasteiger partial charge in [-0.25, -0.2) is 4.98 Å². The Labute approximate surface area is 84.3 Å². The molecule has 0 spiro atoms. The van der Waals surface area contributed by atoms with Crippen molar-refractivity contribution < 1.29 is 0 Å². The van der Waals surface area contributed by atoms with E-state index in [4.69, 9.17) is 5.14 Å². The topological polar surface area (TPSA) is 51.8 Å². The number of hydrogen-bond acceptors (Lipinski definition) is 5. The predicted molar refractivity (Wildman–Crippen MR) is 55.4 cm³/mol. The molecule has 0 bridgehead atoms. The van der Waals surface area contributed by atoms with Crippen molar-refractivity contribution in [1.29, 1.82) is 0 Å². The molecule has 0 fully saturated rings. The Hall–Kier alpha value is -0.910. The lowest BCUT2D eigenvalue weighted by Crippen LogP contribution is -1.80. The summed E-state index contributed by atoms with van der Waals surface area (Å²) in [7, 11) is 0. The second-order valence-electron chi connectivity index (χ2n) is 2.37. The standard InChI is InChI=1S/C8H7N3S2/c9-12-8-10-7(11-13-8)6-4-2-1-3-5-6/h1-5H,9H2. The smallest absolute Gasteiger partial charge is 0.185 e. The Morgan fingerprint density at radius 1 is 1.23 bits per heavy atom. The van der Waals surface area contributed by atoms with E-state index >= 15 is 0 Å². The van der Waals surface area contributed by atoms with E-state index in [2.05, 4.69) is 9.36 Å². The van der Waals surface area contributed by atoms with Crippen LogP contribution in [0.25, 0.3) is 11.4 Å². The molecule has 1 aromatic heterocycles. The summed E-state index contributed by atoms with van der Waals surface area (Å²) < 4.78 is 4.98. The van der Waals surface area contributed by atoms with Crippen molar-refractivity contribution in [2.75, 3.05) is 0 Å². The third-order valence-corrected chi connectivity index (χ3v) is 2.86. The first-order valence-corrected chi connectivity index (χ1v) is 5.31. The molecule has 0 aliphatic rings. The van der Waals surface area contributed by atoms with Gasteiger partial charge in [-0.1, -0.05) is 30.3 Å². The molecule has 0 aliphatic carbocycles. The van der Waals surface area contributed by atoms with E-state index in [-0.39, 0.29) is 0 Å². The van der Waals surface area contributed by atoms with Crippen LogP contribution < -0.4 is 5.14 Å². The molecule has 0 saturated heterocycles. The molecule has 1 heterocycles. The molecule has 13 heavy (non-hydrogen) atoms. The lowest BCUT2D eigenvalue weighted by molar-refractivity contribution is 1.22. The van der Waals surface area contributed by atoms with Gasteiger partial charge in [-0.3, -0.25) is 5.14 Å². The van der Waals surface area contributed by atoms with Gasteiger partial charge in [-0.15, -0.1) is 0 Å². The van der Waals surface area contributed by atoms with E-state index in [0.29, 0.717) is 0 Å². The fraction of sp³-hybridized carbons (Fsp3) is 0. The lowest BCUT2D eigenvalue weighted by atomic mass is 10.2. The first-order valence-electron chi connectivity index (χ1n) is 3.66. The normalized spacial score (nSPS) is 10.2. The quantitative estimate of drug-likeness (QED) is 0.770. The largest absolute Gasteiger partial charge is 0.272 e. The molecule has 0 radical (unpaired) electrons. The molecule has 0 amide bonds. The lowest BCUT2D eigenvalue weighted by Gasteiger charge is -1.91. The minimum Gasteiger partial charge on any atom is -0.272 e. The van der Waals surface area contributed by atoms with Crippen LogP contribution in [0.1, 0.15) is 0 Å². The molecule has 2 N–H and O–H groups in total. The van der Waals surface area contributed by atoms with Gasteiger partial charge >= 0.3 is 0 Å². The van der Waals surface area contributed by atoms with Crippen molar-refractivity contribution in [1.82, 2.24) is 9.36 Å². The summed E-state index contributed by atoms with van der Waals surface area (Å²) in [6.45, 7) is 0. The predicted octanol–water partition coefficient (Wildman–Crippen LogP) is 2.17. The van der Waals surface area contributed by atoms with Crippen molar-refractivity contribution in [3.8, 4) is 11.4 Å². The first kappa shape index (κ1) is 8.68. The van der Waals surface area contributed by atoms with Crippen molar-refractivity contribution in [3.05, 3.63) is 30.3 Å². The number of aromatic nitrogens is 2. The molecule has 5 heteroatoms. The van der Waals surface area contributed by atoms with Crippen LogP contribution in [0.4, 0.5) is 0 Å². The van der Waals surface area contributed by atoms with Crippen molar-refractivity contribution >= 4 is 23.5 Å². The Balaban J connectivity index is 2.36. The van der Waals surface area contributed by atoms with Crippen LogP contribution in [0.3, 0.4) is 0 Å². The van der Waals surface area contributed by atoms with E-state index < -0.39 is 0 Å². The summed E-state index contributed by atoms with van der Waals surface area (Å²) in [5, 5.41) is 5.37. The van der Waals surface area contributed by atoms with E-state index in [0.717, 1.165) is 27.7 Å². The molecule has 1 aromatic carbocycles. The fourth-order valence-electron chi connectivity index (χ4n) is 0.962. The molecule has 66 valence electrons. The van der Waals surface area contributed by atoms with Crippen molar-refractivity contribution in [2.45, 2.75) is 4.34 Å². The van der Waals surface area contributed by atoms with E-state index in [1.54, 1.807) is 0 Å². The van der Waals surface area contributed by atoms with Crippen LogP contribution in [-0.4, -0.2) is 9.36 Å². The first-order chi connectivity index (χ1) is 6.40. The number of benzene rings is 1. The Morgan fingerprint density at radius 3 is 2.62 bits per heavy atom. The summed E-state index contributed by atoms with van der Waals surface area (Å²) in [4.78, 5) is 4.24. The minimum absolute atomic E-state index is 0.749. The van der Waals surface area contributed by atoms with E-state index in [1.807, 2.05) is 30.3 Å². The van der Waals surface area contributed by atoms with Crippen LogP contribution in [0.5, 0.6) is 0 Å². The summed E-state index contributed by atoms with van der Waals surface area (Å²) in [6, 6.07) is 9.85. The zero-order valence-electron chi connectivity index (χ0n) is 6.68. The van der Waals surface area contributed by atoms with Crippen LogP contribution in [0, 0.1) is 0 Å². The highest BCUT2D eigenvalue weighted by Gasteiger charge is 2.04. The van der Waals surface area contributed by atoms with Gasteiger partial charge in [-0.2, -0.15) is 4.37 Å². The number of hydrogen-bond donors (Lipinski definition) is 1. The van der Waals surface area contributed by atoms with Gasteiger partial charge in [0, 0.05) is 5.56 Å². The Kier molecular flexibility index (Phi) is 2.58. The SMILES string of the molecule is NSc1nc(-c2ccccc2)ns1. The van der Waals surface area contributed by atoms with Gasteiger partial charge in [-0.05, 0) is 23.5 Å². The van der Waals surface area contributed by atoms with Crippen molar-refractivity contribution in [3.63, 3.8) is 0 Å². The van der Waals surface area contributed by atoms with Crippen LogP contribution in [0.2, 0.25) is 0 Å². The average Bonchev–Trinajstić information content (AvgIpc) is 2.67. The van der Waals surface area contributed by atoms with Crippen molar-refractivity contribution in [2.24, 2.45) is 5.14 Å². The Morgan fingerprint density at radius 2 is 2.00 bits per heavy atom. The summed E-state index contributed by atoms with van der Waals surface area (Å²) >= 11 is 2.45. The fourth-order valence-corrected chi connectivity index (χ4v) is 1.82. The zero-order chi connectivity index (χ0) is 9.10. The number of rotatable bonds is 2. The second-order valence-corrected chi connectivity index (χ2v) is 4.00. The molecule has 2 rings (SSSR count). The van der Waals surface area contributed by atoms with Crippen LogP contribution in [0.15, 0.2) is 34.7 Å². The van der Waals surface area contributed by atoms with Crippen LogP contribution >= 0.6 is 23.5 Å². The molecule has 0 unspecified atom stereocenters. The summed E-state index contributed by atoms with van der Waals surface area (Å²) in [5.74, 6) is 0.749. The molecule has 0 saturated carbocycles. The Bertz CT molecular complexity index is 385. The second kappa shape index (κ2) is 3.87. The molecule has 2 aromatic rings.